The molecule has 1 atom stereocenters. The number of hydrogen-bond donors (Lipinski definition) is 1. The predicted molar refractivity (Wildman–Crippen MR) is 81.0 cm³/mol. The van der Waals surface area contributed by atoms with Crippen molar-refractivity contribution in [2.45, 2.75) is 50.7 Å². The summed E-state index contributed by atoms with van der Waals surface area (Å²) < 4.78 is 39.2. The second-order valence-electron chi connectivity index (χ2n) is 4.98. The molecule has 0 saturated heterocycles. The fourth-order valence-electron chi connectivity index (χ4n) is 1.81. The normalized spacial score (nSPS) is 11.9. The van der Waals surface area contributed by atoms with Crippen LogP contribution in [0.25, 0.3) is 0 Å². The van der Waals surface area contributed by atoms with E-state index in [-0.39, 0.29) is 12.8 Å². The predicted octanol–water partition coefficient (Wildman–Crippen LogP) is 2.10. The highest BCUT2D eigenvalue weighted by Gasteiger charge is 2.43. The molecule has 0 aliphatic carbocycles. The molecule has 0 aliphatic rings. The maximum absolute atomic E-state index is 13.1. The van der Waals surface area contributed by atoms with Crippen molar-refractivity contribution in [3.05, 3.63) is 0 Å². The fraction of sp³-hybridized carbons (Fsp3) is 0.625. The number of amides is 2. The fourth-order valence-corrected chi connectivity index (χ4v) is 1.81. The van der Waals surface area contributed by atoms with E-state index in [1.54, 1.807) is 0 Å². The van der Waals surface area contributed by atoms with E-state index in [1.807, 2.05) is 0 Å². The SMILES string of the molecule is C#CCCCC(=O)NCC(N(C)C(=O)CCCC#C)C(F)(F)F. The molecule has 23 heavy (non-hydrogen) atoms. The van der Waals surface area contributed by atoms with Crippen LogP contribution in [0.3, 0.4) is 0 Å². The topological polar surface area (TPSA) is 49.4 Å². The first-order valence-corrected chi connectivity index (χ1v) is 7.20. The van der Waals surface area contributed by atoms with Crippen molar-refractivity contribution in [1.29, 1.82) is 0 Å². The summed E-state index contributed by atoms with van der Waals surface area (Å²) in [4.78, 5) is 23.9. The lowest BCUT2D eigenvalue weighted by atomic mass is 10.1. The quantitative estimate of drug-likeness (QED) is 0.520. The van der Waals surface area contributed by atoms with Crippen LogP contribution in [0.5, 0.6) is 0 Å². The molecular formula is C16H21F3N2O2. The zero-order valence-corrected chi connectivity index (χ0v) is 13.1. The Kier molecular flexibility index (Phi) is 9.57. The smallest absolute Gasteiger partial charge is 0.354 e. The Bertz CT molecular complexity index is 475. The highest BCUT2D eigenvalue weighted by molar-refractivity contribution is 5.77. The molecule has 0 fully saturated rings. The van der Waals surface area contributed by atoms with E-state index >= 15 is 0 Å². The standard InChI is InChI=1S/C16H21F3N2O2/c1-4-6-8-10-14(22)20-12-13(16(17,18)19)21(3)15(23)11-9-7-5-2/h1-2,13H,6-12H2,3H3,(H,20,22). The van der Waals surface area contributed by atoms with Gasteiger partial charge in [-0.25, -0.2) is 0 Å². The summed E-state index contributed by atoms with van der Waals surface area (Å²) in [7, 11) is 1.07. The Balaban J connectivity index is 4.59. The van der Waals surface area contributed by atoms with Gasteiger partial charge in [0.1, 0.15) is 6.04 Å². The maximum Gasteiger partial charge on any atom is 0.410 e. The summed E-state index contributed by atoms with van der Waals surface area (Å²) >= 11 is 0. The van der Waals surface area contributed by atoms with Gasteiger partial charge in [-0.05, 0) is 12.8 Å². The second kappa shape index (κ2) is 10.6. The first-order valence-electron chi connectivity index (χ1n) is 7.20. The molecule has 7 heteroatoms. The van der Waals surface area contributed by atoms with Gasteiger partial charge in [0.15, 0.2) is 0 Å². The van der Waals surface area contributed by atoms with Crippen LogP contribution in [0, 0.1) is 24.7 Å². The van der Waals surface area contributed by atoms with E-state index in [0.717, 1.165) is 7.05 Å². The number of carbonyl (C=O) groups is 2. The Morgan fingerprint density at radius 3 is 2.13 bits per heavy atom. The lowest BCUT2D eigenvalue weighted by Gasteiger charge is -2.30. The first-order chi connectivity index (χ1) is 10.7. The van der Waals surface area contributed by atoms with Crippen molar-refractivity contribution in [1.82, 2.24) is 10.2 Å². The zero-order valence-electron chi connectivity index (χ0n) is 13.1. The van der Waals surface area contributed by atoms with Gasteiger partial charge in [-0.1, -0.05) is 0 Å². The molecule has 1 unspecified atom stereocenters. The molecular weight excluding hydrogens is 309 g/mol. The van der Waals surface area contributed by atoms with Gasteiger partial charge in [0, 0.05) is 39.3 Å². The number of carbonyl (C=O) groups excluding carboxylic acids is 2. The number of rotatable bonds is 9. The van der Waals surface area contributed by atoms with Gasteiger partial charge in [0.05, 0.1) is 0 Å². The van der Waals surface area contributed by atoms with Crippen LogP contribution < -0.4 is 5.32 Å². The third kappa shape index (κ3) is 8.77. The van der Waals surface area contributed by atoms with Gasteiger partial charge in [0.2, 0.25) is 11.8 Å². The largest absolute Gasteiger partial charge is 0.410 e. The average molecular weight is 330 g/mol. The number of terminal acetylenes is 2. The van der Waals surface area contributed by atoms with Crippen LogP contribution in [-0.4, -0.2) is 42.5 Å². The van der Waals surface area contributed by atoms with E-state index < -0.39 is 30.6 Å². The maximum atomic E-state index is 13.1. The molecule has 0 aliphatic heterocycles. The number of halogens is 3. The monoisotopic (exact) mass is 330 g/mol. The molecule has 4 nitrogen and oxygen atoms in total. The van der Waals surface area contributed by atoms with Gasteiger partial charge in [-0.15, -0.1) is 24.7 Å². The molecule has 0 saturated carbocycles. The van der Waals surface area contributed by atoms with Gasteiger partial charge < -0.3 is 10.2 Å². The van der Waals surface area contributed by atoms with Crippen LogP contribution in [0.1, 0.15) is 38.5 Å². The lowest BCUT2D eigenvalue weighted by Crippen LogP contribution is -2.52. The van der Waals surface area contributed by atoms with Crippen LogP contribution in [0.2, 0.25) is 0 Å². The van der Waals surface area contributed by atoms with E-state index in [1.165, 1.54) is 0 Å². The molecule has 0 rings (SSSR count). The molecule has 0 spiro atoms. The highest BCUT2D eigenvalue weighted by atomic mass is 19.4. The molecule has 0 bridgehead atoms. The summed E-state index contributed by atoms with van der Waals surface area (Å²) in [5, 5.41) is 2.20. The Morgan fingerprint density at radius 2 is 1.65 bits per heavy atom. The number of likely N-dealkylation sites (N-methyl/N-ethyl adjacent to an activating group) is 1. The van der Waals surface area contributed by atoms with Gasteiger partial charge in [0.25, 0.3) is 0 Å². The van der Waals surface area contributed by atoms with Gasteiger partial charge in [-0.2, -0.15) is 13.2 Å². The van der Waals surface area contributed by atoms with Crippen molar-refractivity contribution in [2.75, 3.05) is 13.6 Å². The van der Waals surface area contributed by atoms with Gasteiger partial charge >= 0.3 is 6.18 Å². The molecule has 2 amide bonds. The second-order valence-corrected chi connectivity index (χ2v) is 4.98. The molecule has 0 heterocycles. The zero-order chi connectivity index (χ0) is 17.9. The molecule has 128 valence electrons. The van der Waals surface area contributed by atoms with Crippen LogP contribution in [0.15, 0.2) is 0 Å². The van der Waals surface area contributed by atoms with Crippen molar-refractivity contribution in [3.8, 4) is 24.7 Å². The van der Waals surface area contributed by atoms with E-state index in [9.17, 15) is 22.8 Å². The van der Waals surface area contributed by atoms with Crippen LogP contribution in [0.4, 0.5) is 13.2 Å². The molecule has 0 aromatic carbocycles. The number of unbranched alkanes of at least 4 members (excludes halogenated alkanes) is 2. The Morgan fingerprint density at radius 1 is 1.13 bits per heavy atom. The number of nitrogens with zero attached hydrogens (tertiary/aromatic N) is 1. The summed E-state index contributed by atoms with van der Waals surface area (Å²) in [6, 6.07) is -2.07. The molecule has 0 aromatic heterocycles. The van der Waals surface area contributed by atoms with Crippen molar-refractivity contribution < 1.29 is 22.8 Å². The third-order valence-corrected chi connectivity index (χ3v) is 3.17. The van der Waals surface area contributed by atoms with E-state index in [0.29, 0.717) is 30.6 Å². The van der Waals surface area contributed by atoms with E-state index in [2.05, 4.69) is 17.2 Å². The highest BCUT2D eigenvalue weighted by Crippen LogP contribution is 2.24. The average Bonchev–Trinajstić information content (AvgIpc) is 2.46. The summed E-state index contributed by atoms with van der Waals surface area (Å²) in [6.45, 7) is -0.685. The molecule has 1 N–H and O–H groups in total. The Labute approximate surface area is 134 Å². The summed E-state index contributed by atoms with van der Waals surface area (Å²) in [6.07, 6.45) is 6.84. The number of hydrogen-bond acceptors (Lipinski definition) is 2. The Hall–Kier alpha value is -2.15. The molecule has 0 aromatic rings. The first kappa shape index (κ1) is 20.9. The van der Waals surface area contributed by atoms with Crippen LogP contribution in [-0.2, 0) is 9.59 Å². The van der Waals surface area contributed by atoms with E-state index in [4.69, 9.17) is 12.8 Å². The van der Waals surface area contributed by atoms with Gasteiger partial charge in [-0.3, -0.25) is 9.59 Å². The van der Waals surface area contributed by atoms with Crippen molar-refractivity contribution >= 4 is 11.8 Å². The van der Waals surface area contributed by atoms with Crippen LogP contribution >= 0.6 is 0 Å². The lowest BCUT2D eigenvalue weighted by molar-refractivity contribution is -0.185. The number of alkyl halides is 3. The minimum Gasteiger partial charge on any atom is -0.354 e. The minimum atomic E-state index is -4.64. The number of nitrogens with one attached hydrogen (secondary N) is 1. The minimum absolute atomic E-state index is 0.0502. The molecule has 0 radical (unpaired) electrons. The summed E-state index contributed by atoms with van der Waals surface area (Å²) in [5.74, 6) is 3.48. The third-order valence-electron chi connectivity index (χ3n) is 3.17. The van der Waals surface area contributed by atoms with Crippen molar-refractivity contribution in [3.63, 3.8) is 0 Å². The summed E-state index contributed by atoms with van der Waals surface area (Å²) in [5.41, 5.74) is 0. The van der Waals surface area contributed by atoms with Crippen molar-refractivity contribution in [2.24, 2.45) is 0 Å².